The molecule has 0 saturated carbocycles. The van der Waals surface area contributed by atoms with Gasteiger partial charge in [0.2, 0.25) is 0 Å². The van der Waals surface area contributed by atoms with E-state index in [0.717, 1.165) is 16.8 Å². The summed E-state index contributed by atoms with van der Waals surface area (Å²) < 4.78 is 0. The second-order valence-electron chi connectivity index (χ2n) is 4.90. The van der Waals surface area contributed by atoms with Gasteiger partial charge in [-0.15, -0.1) is 0 Å². The van der Waals surface area contributed by atoms with Crippen molar-refractivity contribution in [3.63, 3.8) is 0 Å². The number of anilines is 1. The lowest BCUT2D eigenvalue weighted by molar-refractivity contribution is -0.384. The zero-order valence-electron chi connectivity index (χ0n) is 11.9. The van der Waals surface area contributed by atoms with Gasteiger partial charge < -0.3 is 4.90 Å². The fourth-order valence-corrected chi connectivity index (χ4v) is 2.28. The van der Waals surface area contributed by atoms with Crippen LogP contribution in [0.1, 0.15) is 16.7 Å². The lowest BCUT2D eigenvalue weighted by Crippen LogP contribution is -2.17. The van der Waals surface area contributed by atoms with Gasteiger partial charge in [0, 0.05) is 31.4 Å². The van der Waals surface area contributed by atoms with E-state index in [0.29, 0.717) is 12.1 Å². The fraction of sp³-hybridized carbons (Fsp3) is 0.188. The van der Waals surface area contributed by atoms with Gasteiger partial charge >= 0.3 is 0 Å². The molecule has 0 aromatic heterocycles. The van der Waals surface area contributed by atoms with Crippen LogP contribution in [0.4, 0.5) is 11.4 Å². The van der Waals surface area contributed by atoms with Gasteiger partial charge in [-0.1, -0.05) is 12.1 Å². The first kappa shape index (κ1) is 14.5. The van der Waals surface area contributed by atoms with E-state index in [1.165, 1.54) is 6.07 Å². The molecule has 0 N–H and O–H groups in total. The van der Waals surface area contributed by atoms with Crippen LogP contribution in [0.5, 0.6) is 0 Å². The summed E-state index contributed by atoms with van der Waals surface area (Å²) in [5, 5.41) is 19.7. The molecular formula is C16H15N3O2. The van der Waals surface area contributed by atoms with Crippen molar-refractivity contribution in [1.82, 2.24) is 0 Å². The molecule has 0 saturated heterocycles. The summed E-state index contributed by atoms with van der Waals surface area (Å²) >= 11 is 0. The third-order valence-electron chi connectivity index (χ3n) is 3.28. The molecule has 0 amide bonds. The van der Waals surface area contributed by atoms with E-state index in [1.54, 1.807) is 18.2 Å². The molecule has 21 heavy (non-hydrogen) atoms. The van der Waals surface area contributed by atoms with E-state index < -0.39 is 4.92 Å². The van der Waals surface area contributed by atoms with Crippen molar-refractivity contribution in [2.45, 2.75) is 13.5 Å². The Morgan fingerprint density at radius 1 is 1.29 bits per heavy atom. The number of nitrogens with zero attached hydrogens (tertiary/aromatic N) is 3. The molecule has 2 rings (SSSR count). The molecule has 0 fully saturated rings. The molecule has 0 bridgehead atoms. The average molecular weight is 281 g/mol. The number of nitro benzene ring substituents is 1. The maximum atomic E-state index is 10.8. The van der Waals surface area contributed by atoms with Crippen LogP contribution in [0.15, 0.2) is 42.5 Å². The quantitative estimate of drug-likeness (QED) is 0.636. The molecule has 106 valence electrons. The summed E-state index contributed by atoms with van der Waals surface area (Å²) in [6.45, 7) is 2.48. The Morgan fingerprint density at radius 2 is 2.05 bits per heavy atom. The number of non-ortho nitro benzene ring substituents is 1. The normalized spacial score (nSPS) is 9.95. The number of hydrogen-bond acceptors (Lipinski definition) is 4. The van der Waals surface area contributed by atoms with E-state index in [4.69, 9.17) is 5.26 Å². The maximum Gasteiger partial charge on any atom is 0.269 e. The van der Waals surface area contributed by atoms with E-state index in [-0.39, 0.29) is 5.69 Å². The van der Waals surface area contributed by atoms with Crippen LogP contribution in [-0.4, -0.2) is 12.0 Å². The lowest BCUT2D eigenvalue weighted by atomic mass is 10.1. The standard InChI is InChI=1S/C16H15N3O2/c1-12-8-15(19(20)21)6-7-16(12)18(2)11-14-5-3-4-13(9-14)10-17/h3-9H,11H2,1-2H3. The fourth-order valence-electron chi connectivity index (χ4n) is 2.28. The third kappa shape index (κ3) is 3.37. The highest BCUT2D eigenvalue weighted by molar-refractivity contribution is 5.57. The lowest BCUT2D eigenvalue weighted by Gasteiger charge is -2.21. The third-order valence-corrected chi connectivity index (χ3v) is 3.28. The van der Waals surface area contributed by atoms with Crippen molar-refractivity contribution in [2.24, 2.45) is 0 Å². The van der Waals surface area contributed by atoms with Crippen LogP contribution in [-0.2, 0) is 6.54 Å². The molecule has 0 radical (unpaired) electrons. The van der Waals surface area contributed by atoms with E-state index in [1.807, 2.05) is 37.1 Å². The molecule has 5 nitrogen and oxygen atoms in total. The number of benzene rings is 2. The molecule has 0 aliphatic carbocycles. The Bertz CT molecular complexity index is 720. The zero-order valence-corrected chi connectivity index (χ0v) is 11.9. The van der Waals surface area contributed by atoms with Crippen molar-refractivity contribution in [3.8, 4) is 6.07 Å². The Labute approximate surface area is 123 Å². The van der Waals surface area contributed by atoms with Gasteiger partial charge in [-0.05, 0) is 36.2 Å². The van der Waals surface area contributed by atoms with E-state index >= 15 is 0 Å². The Kier molecular flexibility index (Phi) is 4.19. The molecule has 2 aromatic carbocycles. The first-order valence-electron chi connectivity index (χ1n) is 6.46. The molecule has 0 aliphatic heterocycles. The van der Waals surface area contributed by atoms with E-state index in [9.17, 15) is 10.1 Å². The summed E-state index contributed by atoms with van der Waals surface area (Å²) in [5.41, 5.74) is 3.53. The minimum Gasteiger partial charge on any atom is -0.370 e. The van der Waals surface area contributed by atoms with Crippen LogP contribution in [0, 0.1) is 28.4 Å². The Balaban J connectivity index is 2.22. The minimum absolute atomic E-state index is 0.0936. The molecular weight excluding hydrogens is 266 g/mol. The Morgan fingerprint density at radius 3 is 2.67 bits per heavy atom. The maximum absolute atomic E-state index is 10.8. The van der Waals surface area contributed by atoms with Crippen molar-refractivity contribution < 1.29 is 4.92 Å². The second-order valence-corrected chi connectivity index (χ2v) is 4.90. The molecule has 0 spiro atoms. The molecule has 0 heterocycles. The highest BCUT2D eigenvalue weighted by Crippen LogP contribution is 2.25. The summed E-state index contributed by atoms with van der Waals surface area (Å²) in [4.78, 5) is 12.4. The average Bonchev–Trinajstić information content (AvgIpc) is 2.47. The van der Waals surface area contributed by atoms with Crippen LogP contribution < -0.4 is 4.90 Å². The summed E-state index contributed by atoms with van der Waals surface area (Å²) in [5.74, 6) is 0. The van der Waals surface area contributed by atoms with Crippen LogP contribution in [0.2, 0.25) is 0 Å². The van der Waals surface area contributed by atoms with Crippen LogP contribution >= 0.6 is 0 Å². The number of aryl methyl sites for hydroxylation is 1. The monoisotopic (exact) mass is 281 g/mol. The Hall–Kier alpha value is -2.87. The second kappa shape index (κ2) is 6.06. The highest BCUT2D eigenvalue weighted by Gasteiger charge is 2.11. The van der Waals surface area contributed by atoms with Crippen LogP contribution in [0.25, 0.3) is 0 Å². The summed E-state index contributed by atoms with van der Waals surface area (Å²) in [6, 6.07) is 14.4. The van der Waals surface area contributed by atoms with Gasteiger partial charge in [0.1, 0.15) is 0 Å². The predicted octanol–water partition coefficient (Wildman–Crippen LogP) is 3.41. The van der Waals surface area contributed by atoms with Gasteiger partial charge in [0.05, 0.1) is 16.6 Å². The van der Waals surface area contributed by atoms with Gasteiger partial charge in [-0.25, -0.2) is 0 Å². The molecule has 5 heteroatoms. The first-order chi connectivity index (χ1) is 10.0. The van der Waals surface area contributed by atoms with Crippen LogP contribution in [0.3, 0.4) is 0 Å². The van der Waals surface area contributed by atoms with Gasteiger partial charge in [-0.3, -0.25) is 10.1 Å². The SMILES string of the molecule is Cc1cc([N+](=O)[O-])ccc1N(C)Cc1cccc(C#N)c1. The topological polar surface area (TPSA) is 70.2 Å². The highest BCUT2D eigenvalue weighted by atomic mass is 16.6. The van der Waals surface area contributed by atoms with Crippen molar-refractivity contribution in [3.05, 3.63) is 69.3 Å². The predicted molar refractivity (Wildman–Crippen MR) is 81.1 cm³/mol. The van der Waals surface area contributed by atoms with Gasteiger partial charge in [0.25, 0.3) is 5.69 Å². The summed E-state index contributed by atoms with van der Waals surface area (Å²) in [6.07, 6.45) is 0. The van der Waals surface area contributed by atoms with Gasteiger partial charge in [-0.2, -0.15) is 5.26 Å². The molecule has 0 aliphatic rings. The zero-order chi connectivity index (χ0) is 15.4. The van der Waals surface area contributed by atoms with Gasteiger partial charge in [0.15, 0.2) is 0 Å². The largest absolute Gasteiger partial charge is 0.370 e. The van der Waals surface area contributed by atoms with Crippen molar-refractivity contribution in [1.29, 1.82) is 5.26 Å². The van der Waals surface area contributed by atoms with Crippen molar-refractivity contribution in [2.75, 3.05) is 11.9 Å². The van der Waals surface area contributed by atoms with E-state index in [2.05, 4.69) is 6.07 Å². The molecule has 2 aromatic rings. The number of nitro groups is 1. The minimum atomic E-state index is -0.396. The number of rotatable bonds is 4. The summed E-state index contributed by atoms with van der Waals surface area (Å²) in [7, 11) is 1.92. The molecule has 0 unspecified atom stereocenters. The first-order valence-corrected chi connectivity index (χ1v) is 6.46. The molecule has 0 atom stereocenters. The smallest absolute Gasteiger partial charge is 0.269 e. The number of hydrogen-bond donors (Lipinski definition) is 0. The number of nitriles is 1. The van der Waals surface area contributed by atoms with Crippen molar-refractivity contribution >= 4 is 11.4 Å².